The molecule has 2 amide bonds. The Morgan fingerprint density at radius 3 is 2.44 bits per heavy atom. The predicted octanol–water partition coefficient (Wildman–Crippen LogP) is 8.39. The van der Waals surface area contributed by atoms with Crippen LogP contribution in [0, 0.1) is 5.82 Å². The first-order chi connectivity index (χ1) is 20.0. The van der Waals surface area contributed by atoms with Crippen LogP contribution in [0.15, 0.2) is 66.0 Å². The normalized spacial score (nSPS) is 14.4. The fourth-order valence-electron chi connectivity index (χ4n) is 5.47. The van der Waals surface area contributed by atoms with Gasteiger partial charge >= 0.3 is 0 Å². The van der Waals surface area contributed by atoms with Gasteiger partial charge in [0, 0.05) is 16.6 Å². The highest BCUT2D eigenvalue weighted by Crippen LogP contribution is 2.32. The first kappa shape index (κ1) is 30.8. The monoisotopic (exact) mass is 578 g/mol. The van der Waals surface area contributed by atoms with Crippen molar-refractivity contribution in [1.82, 2.24) is 5.32 Å². The van der Waals surface area contributed by atoms with Crippen LogP contribution in [0.3, 0.4) is 0 Å². The van der Waals surface area contributed by atoms with Crippen LogP contribution in [0.1, 0.15) is 94.0 Å². The van der Waals surface area contributed by atoms with E-state index in [1.807, 2.05) is 41.8 Å². The second kappa shape index (κ2) is 16.3. The summed E-state index contributed by atoms with van der Waals surface area (Å²) in [6.45, 7) is 2.86. The maximum atomic E-state index is 14.4. The van der Waals surface area contributed by atoms with Crippen LogP contribution in [0.2, 0.25) is 0 Å². The zero-order valence-corrected chi connectivity index (χ0v) is 25.0. The van der Waals surface area contributed by atoms with Gasteiger partial charge in [-0.25, -0.2) is 4.39 Å². The molecule has 3 aromatic rings. The van der Waals surface area contributed by atoms with E-state index in [1.165, 1.54) is 60.5 Å². The fraction of sp³-hybridized carbons (Fsp3) is 0.471. The number of amides is 2. The molecule has 220 valence electrons. The third-order valence-corrected chi connectivity index (χ3v) is 8.56. The molecule has 1 aliphatic rings. The molecule has 0 bridgehead atoms. The van der Waals surface area contributed by atoms with E-state index in [9.17, 15) is 14.0 Å². The highest BCUT2D eigenvalue weighted by molar-refractivity contribution is 7.10. The Hall–Kier alpha value is -3.19. The van der Waals surface area contributed by atoms with Gasteiger partial charge in [-0.3, -0.25) is 14.5 Å². The summed E-state index contributed by atoms with van der Waals surface area (Å²) in [5.41, 5.74) is 1.02. The van der Waals surface area contributed by atoms with Gasteiger partial charge in [-0.15, -0.1) is 11.3 Å². The van der Waals surface area contributed by atoms with E-state index in [2.05, 4.69) is 12.2 Å². The van der Waals surface area contributed by atoms with Crippen LogP contribution in [0.4, 0.5) is 10.1 Å². The summed E-state index contributed by atoms with van der Waals surface area (Å²) in [5, 5.41) is 5.14. The second-order valence-electron chi connectivity index (χ2n) is 10.9. The molecule has 1 atom stereocenters. The first-order valence-corrected chi connectivity index (χ1v) is 16.1. The Balaban J connectivity index is 1.58. The Kier molecular flexibility index (Phi) is 12.2. The molecular weight excluding hydrogens is 535 g/mol. The highest BCUT2D eigenvalue weighted by atomic mass is 32.1. The molecule has 1 N–H and O–H groups in total. The predicted molar refractivity (Wildman–Crippen MR) is 165 cm³/mol. The first-order valence-electron chi connectivity index (χ1n) is 15.2. The minimum Gasteiger partial charge on any atom is -0.494 e. The van der Waals surface area contributed by atoms with Gasteiger partial charge in [0.15, 0.2) is 0 Å². The van der Waals surface area contributed by atoms with Crippen LogP contribution in [0.5, 0.6) is 5.75 Å². The van der Waals surface area contributed by atoms with E-state index in [4.69, 9.17) is 4.74 Å². The maximum Gasteiger partial charge on any atom is 0.248 e. The lowest BCUT2D eigenvalue weighted by molar-refractivity contribution is -0.127. The van der Waals surface area contributed by atoms with E-state index >= 15 is 0 Å². The van der Waals surface area contributed by atoms with Gasteiger partial charge in [-0.2, -0.15) is 0 Å². The number of hydrogen-bond donors (Lipinski definition) is 1. The van der Waals surface area contributed by atoms with Crippen molar-refractivity contribution in [3.8, 4) is 5.75 Å². The summed E-state index contributed by atoms with van der Waals surface area (Å²) in [7, 11) is 0. The molecule has 0 aliphatic heterocycles. The van der Waals surface area contributed by atoms with Crippen LogP contribution in [-0.4, -0.2) is 24.5 Å². The molecule has 1 fully saturated rings. The van der Waals surface area contributed by atoms with Crippen molar-refractivity contribution in [1.29, 1.82) is 0 Å². The molecular formula is C34H43FN2O3S. The van der Waals surface area contributed by atoms with Gasteiger partial charge in [0.2, 0.25) is 11.8 Å². The largest absolute Gasteiger partial charge is 0.494 e. The molecule has 1 aromatic heterocycles. The molecule has 2 aromatic carbocycles. The van der Waals surface area contributed by atoms with Crippen molar-refractivity contribution < 1.29 is 18.7 Å². The number of carbonyl (C=O) groups is 2. The van der Waals surface area contributed by atoms with Gasteiger partial charge in [0.1, 0.15) is 17.6 Å². The fourth-order valence-corrected chi connectivity index (χ4v) is 6.17. The Morgan fingerprint density at radius 1 is 0.976 bits per heavy atom. The van der Waals surface area contributed by atoms with Crippen molar-refractivity contribution in [3.63, 3.8) is 0 Å². The SMILES string of the molecule is CCCCCCCCOc1ccc(C(C(=O)NC2CCCCC2)N(C(=O)Cc2cccs2)c2cccc(F)c2)cc1. The van der Waals surface area contributed by atoms with Crippen molar-refractivity contribution in [3.05, 3.63) is 82.3 Å². The molecule has 1 heterocycles. The summed E-state index contributed by atoms with van der Waals surface area (Å²) in [6.07, 6.45) is 12.4. The van der Waals surface area contributed by atoms with Gasteiger partial charge in [-0.1, -0.05) is 82.6 Å². The lowest BCUT2D eigenvalue weighted by Crippen LogP contribution is -2.47. The average molecular weight is 579 g/mol. The molecule has 4 rings (SSSR count). The van der Waals surface area contributed by atoms with Crippen molar-refractivity contribution in [2.75, 3.05) is 11.5 Å². The average Bonchev–Trinajstić information content (AvgIpc) is 3.49. The van der Waals surface area contributed by atoms with Gasteiger partial charge < -0.3 is 10.1 Å². The zero-order valence-electron chi connectivity index (χ0n) is 24.2. The summed E-state index contributed by atoms with van der Waals surface area (Å²) in [6, 6.07) is 16.3. The number of rotatable bonds is 15. The highest BCUT2D eigenvalue weighted by Gasteiger charge is 2.34. The topological polar surface area (TPSA) is 58.6 Å². The van der Waals surface area contributed by atoms with Crippen LogP contribution in [-0.2, 0) is 16.0 Å². The number of halogens is 1. The minimum atomic E-state index is -0.946. The number of hydrogen-bond acceptors (Lipinski definition) is 4. The molecule has 41 heavy (non-hydrogen) atoms. The summed E-state index contributed by atoms with van der Waals surface area (Å²) in [4.78, 5) is 30.2. The van der Waals surface area contributed by atoms with E-state index in [0.29, 0.717) is 17.9 Å². The molecule has 1 aliphatic carbocycles. The minimum absolute atomic E-state index is 0.0699. The molecule has 0 radical (unpaired) electrons. The lowest BCUT2D eigenvalue weighted by Gasteiger charge is -2.33. The van der Waals surface area contributed by atoms with E-state index < -0.39 is 11.9 Å². The second-order valence-corrected chi connectivity index (χ2v) is 12.0. The standard InChI is InChI=1S/C34H43FN2O3S/c1-2-3-4-5-6-10-22-40-30-20-18-26(19-21-30)33(34(39)36-28-14-8-7-9-15-28)37(29-16-11-13-27(35)24-29)32(38)25-31-17-12-23-41-31/h11-13,16-21,23-24,28,33H,2-10,14-15,22,25H2,1H3,(H,36,39). The smallest absolute Gasteiger partial charge is 0.248 e. The number of anilines is 1. The molecule has 1 unspecified atom stereocenters. The van der Waals surface area contributed by atoms with E-state index in [1.54, 1.807) is 12.1 Å². The Bertz CT molecular complexity index is 1210. The summed E-state index contributed by atoms with van der Waals surface area (Å²) < 4.78 is 20.4. The molecule has 1 saturated carbocycles. The number of thiophene rings is 1. The Morgan fingerprint density at radius 2 is 1.73 bits per heavy atom. The number of nitrogens with zero attached hydrogens (tertiary/aromatic N) is 1. The number of ether oxygens (including phenoxy) is 1. The quantitative estimate of drug-likeness (QED) is 0.184. The Labute approximate surface area is 248 Å². The van der Waals surface area contributed by atoms with E-state index in [0.717, 1.165) is 49.2 Å². The number of nitrogens with one attached hydrogen (secondary N) is 1. The van der Waals surface area contributed by atoms with Crippen molar-refractivity contribution in [2.24, 2.45) is 0 Å². The molecule has 0 saturated heterocycles. The van der Waals surface area contributed by atoms with Crippen LogP contribution in [0.25, 0.3) is 0 Å². The van der Waals surface area contributed by atoms with Crippen LogP contribution >= 0.6 is 11.3 Å². The van der Waals surface area contributed by atoms with Crippen molar-refractivity contribution >= 4 is 28.8 Å². The van der Waals surface area contributed by atoms with Gasteiger partial charge in [-0.05, 0) is 66.6 Å². The molecule has 5 nitrogen and oxygen atoms in total. The van der Waals surface area contributed by atoms with Gasteiger partial charge in [0.25, 0.3) is 0 Å². The molecule has 0 spiro atoms. The zero-order chi connectivity index (χ0) is 28.9. The third-order valence-electron chi connectivity index (χ3n) is 7.68. The van der Waals surface area contributed by atoms with E-state index in [-0.39, 0.29) is 24.3 Å². The number of unbranched alkanes of at least 4 members (excludes halogenated alkanes) is 5. The number of benzene rings is 2. The summed E-state index contributed by atoms with van der Waals surface area (Å²) in [5.74, 6) is -0.232. The molecule has 7 heteroatoms. The van der Waals surface area contributed by atoms with Crippen molar-refractivity contribution in [2.45, 2.75) is 96.1 Å². The third kappa shape index (κ3) is 9.42. The van der Waals surface area contributed by atoms with Crippen LogP contribution < -0.4 is 15.0 Å². The maximum absolute atomic E-state index is 14.4. The summed E-state index contributed by atoms with van der Waals surface area (Å²) >= 11 is 1.49. The van der Waals surface area contributed by atoms with Gasteiger partial charge in [0.05, 0.1) is 13.0 Å². The number of carbonyl (C=O) groups excluding carboxylic acids is 2. The lowest BCUT2D eigenvalue weighted by atomic mass is 9.94.